The van der Waals surface area contributed by atoms with Gasteiger partial charge in [0, 0.05) is 12.2 Å². The number of benzene rings is 1. The molecule has 0 aliphatic carbocycles. The van der Waals surface area contributed by atoms with Gasteiger partial charge in [0.15, 0.2) is 11.5 Å². The second kappa shape index (κ2) is 8.70. The minimum Gasteiger partial charge on any atom is -0.493 e. The van der Waals surface area contributed by atoms with Gasteiger partial charge in [-0.25, -0.2) is 9.59 Å². The standard InChI is InChI=1S/C18H22F2N2O5/c1-5-22-10(3)14(16(23)26-6-2)15(21-18(22)24)11-7-8-12(25-4)13(9-11)27-17(19)20/h7-9,15,17H,5-6H2,1-4H3,(H,21,24)/t15-/m0/s1. The van der Waals surface area contributed by atoms with Crippen molar-refractivity contribution in [2.45, 2.75) is 33.4 Å². The molecule has 0 radical (unpaired) electrons. The topological polar surface area (TPSA) is 77.1 Å². The molecule has 0 fully saturated rings. The van der Waals surface area contributed by atoms with Crippen LogP contribution in [0.4, 0.5) is 13.6 Å². The zero-order valence-corrected chi connectivity index (χ0v) is 15.5. The van der Waals surface area contributed by atoms with Gasteiger partial charge in [0.05, 0.1) is 25.3 Å². The molecule has 1 heterocycles. The molecule has 1 aliphatic heterocycles. The van der Waals surface area contributed by atoms with Crippen LogP contribution in [0.3, 0.4) is 0 Å². The predicted molar refractivity (Wildman–Crippen MR) is 92.6 cm³/mol. The maximum absolute atomic E-state index is 12.7. The molecular formula is C18H22F2N2O5. The number of amides is 2. The number of halogens is 2. The van der Waals surface area contributed by atoms with Crippen LogP contribution in [0.2, 0.25) is 0 Å². The Hall–Kier alpha value is -2.84. The van der Waals surface area contributed by atoms with E-state index in [9.17, 15) is 18.4 Å². The molecule has 2 rings (SSSR count). The molecule has 1 aromatic carbocycles. The van der Waals surface area contributed by atoms with E-state index in [2.05, 4.69) is 10.1 Å². The number of allylic oxidation sites excluding steroid dienone is 1. The normalized spacial score (nSPS) is 17.1. The van der Waals surface area contributed by atoms with Gasteiger partial charge in [-0.3, -0.25) is 4.90 Å². The molecule has 1 aromatic rings. The predicted octanol–water partition coefficient (Wildman–Crippen LogP) is 3.22. The van der Waals surface area contributed by atoms with Gasteiger partial charge in [0.2, 0.25) is 0 Å². The maximum atomic E-state index is 12.7. The van der Waals surface area contributed by atoms with Crippen molar-refractivity contribution in [1.29, 1.82) is 0 Å². The smallest absolute Gasteiger partial charge is 0.387 e. The fraction of sp³-hybridized carbons (Fsp3) is 0.444. The quantitative estimate of drug-likeness (QED) is 0.731. The molecule has 0 spiro atoms. The lowest BCUT2D eigenvalue weighted by atomic mass is 9.94. The average Bonchev–Trinajstić information content (AvgIpc) is 2.61. The largest absolute Gasteiger partial charge is 0.493 e. The van der Waals surface area contributed by atoms with E-state index in [0.29, 0.717) is 17.8 Å². The first-order valence-corrected chi connectivity index (χ1v) is 8.42. The lowest BCUT2D eigenvalue weighted by Crippen LogP contribution is -2.47. The second-order valence-corrected chi connectivity index (χ2v) is 5.64. The molecule has 0 saturated carbocycles. The molecule has 0 saturated heterocycles. The number of hydrogen-bond donors (Lipinski definition) is 1. The highest BCUT2D eigenvalue weighted by molar-refractivity contribution is 5.95. The van der Waals surface area contributed by atoms with Crippen molar-refractivity contribution in [3.8, 4) is 11.5 Å². The molecule has 148 valence electrons. The van der Waals surface area contributed by atoms with Gasteiger partial charge in [-0.2, -0.15) is 8.78 Å². The Kier molecular flexibility index (Phi) is 6.59. The summed E-state index contributed by atoms with van der Waals surface area (Å²) in [5, 5.41) is 2.72. The monoisotopic (exact) mass is 384 g/mol. The van der Waals surface area contributed by atoms with Gasteiger partial charge in [0.1, 0.15) is 0 Å². The first-order valence-electron chi connectivity index (χ1n) is 8.42. The third-order valence-electron chi connectivity index (χ3n) is 4.14. The molecule has 9 heteroatoms. The Labute approximate surface area is 155 Å². The zero-order chi connectivity index (χ0) is 20.1. The Morgan fingerprint density at radius 3 is 2.56 bits per heavy atom. The zero-order valence-electron chi connectivity index (χ0n) is 15.5. The summed E-state index contributed by atoms with van der Waals surface area (Å²) in [5.41, 5.74) is 1.06. The first kappa shape index (κ1) is 20.5. The van der Waals surface area contributed by atoms with Crippen molar-refractivity contribution in [3.05, 3.63) is 35.0 Å². The number of rotatable bonds is 7. The van der Waals surface area contributed by atoms with Crippen molar-refractivity contribution in [1.82, 2.24) is 10.2 Å². The van der Waals surface area contributed by atoms with Crippen LogP contribution in [0.15, 0.2) is 29.5 Å². The van der Waals surface area contributed by atoms with Crippen LogP contribution in [0.1, 0.15) is 32.4 Å². The SMILES string of the molecule is CCOC(=O)C1=C(C)N(CC)C(=O)N[C@H]1c1ccc(OC)c(OC(F)F)c1. The van der Waals surface area contributed by atoms with Crippen LogP contribution in [-0.4, -0.2) is 43.8 Å². The van der Waals surface area contributed by atoms with E-state index in [1.807, 2.05) is 0 Å². The molecular weight excluding hydrogens is 362 g/mol. The molecule has 0 unspecified atom stereocenters. The number of alkyl halides is 2. The van der Waals surface area contributed by atoms with Gasteiger partial charge < -0.3 is 19.5 Å². The molecule has 7 nitrogen and oxygen atoms in total. The van der Waals surface area contributed by atoms with E-state index in [1.165, 1.54) is 24.1 Å². The van der Waals surface area contributed by atoms with E-state index >= 15 is 0 Å². The average molecular weight is 384 g/mol. The van der Waals surface area contributed by atoms with Crippen LogP contribution in [0, 0.1) is 0 Å². The number of hydrogen-bond acceptors (Lipinski definition) is 5. The summed E-state index contributed by atoms with van der Waals surface area (Å²) in [7, 11) is 1.32. The van der Waals surface area contributed by atoms with Crippen molar-refractivity contribution < 1.29 is 32.6 Å². The van der Waals surface area contributed by atoms with Crippen molar-refractivity contribution in [2.75, 3.05) is 20.3 Å². The third-order valence-corrected chi connectivity index (χ3v) is 4.14. The number of nitrogens with one attached hydrogen (secondary N) is 1. The highest BCUT2D eigenvalue weighted by atomic mass is 19.3. The number of ether oxygens (including phenoxy) is 3. The molecule has 27 heavy (non-hydrogen) atoms. The third kappa shape index (κ3) is 4.29. The first-order chi connectivity index (χ1) is 12.8. The van der Waals surface area contributed by atoms with Crippen LogP contribution in [0.25, 0.3) is 0 Å². The van der Waals surface area contributed by atoms with Gasteiger partial charge in [0.25, 0.3) is 0 Å². The van der Waals surface area contributed by atoms with Gasteiger partial charge in [-0.1, -0.05) is 6.07 Å². The van der Waals surface area contributed by atoms with Crippen molar-refractivity contribution >= 4 is 12.0 Å². The van der Waals surface area contributed by atoms with Crippen molar-refractivity contribution in [3.63, 3.8) is 0 Å². The van der Waals surface area contributed by atoms with E-state index in [4.69, 9.17) is 9.47 Å². The molecule has 0 aromatic heterocycles. The number of nitrogens with zero attached hydrogens (tertiary/aromatic N) is 1. The highest BCUT2D eigenvalue weighted by Crippen LogP contribution is 2.36. The number of esters is 1. The Morgan fingerprint density at radius 2 is 2.00 bits per heavy atom. The van der Waals surface area contributed by atoms with Crippen LogP contribution >= 0.6 is 0 Å². The highest BCUT2D eigenvalue weighted by Gasteiger charge is 2.36. The number of carbonyl (C=O) groups excluding carboxylic acids is 2. The lowest BCUT2D eigenvalue weighted by molar-refractivity contribution is -0.139. The van der Waals surface area contributed by atoms with E-state index in [0.717, 1.165) is 0 Å². The summed E-state index contributed by atoms with van der Waals surface area (Å²) in [6, 6.07) is 3.04. The minimum absolute atomic E-state index is 0.106. The van der Waals surface area contributed by atoms with Crippen LogP contribution in [-0.2, 0) is 9.53 Å². The molecule has 1 N–H and O–H groups in total. The van der Waals surface area contributed by atoms with Crippen LogP contribution in [0.5, 0.6) is 11.5 Å². The van der Waals surface area contributed by atoms with Crippen molar-refractivity contribution in [2.24, 2.45) is 0 Å². The molecule has 1 atom stereocenters. The second-order valence-electron chi connectivity index (χ2n) is 5.64. The Morgan fingerprint density at radius 1 is 1.30 bits per heavy atom. The lowest BCUT2D eigenvalue weighted by Gasteiger charge is -2.35. The summed E-state index contributed by atoms with van der Waals surface area (Å²) in [6.45, 7) is 2.55. The number of methoxy groups -OCH3 is 1. The number of urea groups is 1. The number of carbonyl (C=O) groups is 2. The fourth-order valence-corrected chi connectivity index (χ4v) is 2.95. The van der Waals surface area contributed by atoms with E-state index < -0.39 is 24.7 Å². The van der Waals surface area contributed by atoms with Gasteiger partial charge in [-0.05, 0) is 38.5 Å². The summed E-state index contributed by atoms with van der Waals surface area (Å²) in [4.78, 5) is 26.3. The fourth-order valence-electron chi connectivity index (χ4n) is 2.95. The van der Waals surface area contributed by atoms with E-state index in [1.54, 1.807) is 26.8 Å². The van der Waals surface area contributed by atoms with Gasteiger partial charge in [-0.15, -0.1) is 0 Å². The molecule has 1 aliphatic rings. The maximum Gasteiger partial charge on any atom is 0.387 e. The van der Waals surface area contributed by atoms with Gasteiger partial charge >= 0.3 is 18.6 Å². The van der Waals surface area contributed by atoms with E-state index in [-0.39, 0.29) is 23.7 Å². The summed E-state index contributed by atoms with van der Waals surface area (Å²) in [5.74, 6) is -0.682. The van der Waals surface area contributed by atoms with Crippen LogP contribution < -0.4 is 14.8 Å². The minimum atomic E-state index is -3.05. The molecule has 2 amide bonds. The molecule has 0 bridgehead atoms. The Bertz CT molecular complexity index is 751. The Balaban J connectivity index is 2.55. The summed E-state index contributed by atoms with van der Waals surface area (Å²) >= 11 is 0. The summed E-state index contributed by atoms with van der Waals surface area (Å²) in [6.07, 6.45) is 0. The summed E-state index contributed by atoms with van der Waals surface area (Å²) < 4.78 is 40.0.